The van der Waals surface area contributed by atoms with Crippen molar-refractivity contribution < 1.29 is 0 Å². The summed E-state index contributed by atoms with van der Waals surface area (Å²) >= 11 is 1.82. The van der Waals surface area contributed by atoms with E-state index in [1.54, 1.807) is 0 Å². The van der Waals surface area contributed by atoms with Crippen LogP contribution in [0, 0.1) is 0 Å². The second kappa shape index (κ2) is 4.67. The molecule has 1 atom stereocenters. The summed E-state index contributed by atoms with van der Waals surface area (Å²) in [4.78, 5) is 4.51. The molecule has 2 aromatic rings. The van der Waals surface area contributed by atoms with Crippen LogP contribution in [0.1, 0.15) is 18.1 Å². The van der Waals surface area contributed by atoms with Gasteiger partial charge < -0.3 is 5.32 Å². The van der Waals surface area contributed by atoms with Crippen LogP contribution in [-0.4, -0.2) is 17.0 Å². The van der Waals surface area contributed by atoms with E-state index in [-0.39, 0.29) is 0 Å². The number of aliphatic imine (C=N–C) groups is 1. The lowest BCUT2D eigenvalue weighted by Gasteiger charge is -2.08. The van der Waals surface area contributed by atoms with Gasteiger partial charge in [0.25, 0.3) is 0 Å². The molecule has 1 unspecified atom stereocenters. The van der Waals surface area contributed by atoms with Gasteiger partial charge in [-0.25, -0.2) is 0 Å². The summed E-state index contributed by atoms with van der Waals surface area (Å²) in [5.41, 5.74) is 6.75. The van der Waals surface area contributed by atoms with Crippen LogP contribution in [-0.2, 0) is 6.42 Å². The highest BCUT2D eigenvalue weighted by molar-refractivity contribution is 8.15. The quantitative estimate of drug-likeness (QED) is 0.724. The average molecular weight is 280 g/mol. The average Bonchev–Trinajstić information content (AvgIpc) is 3.01. The van der Waals surface area contributed by atoms with Gasteiger partial charge in [0.15, 0.2) is 5.17 Å². The number of thioether (sulfide) groups is 1. The van der Waals surface area contributed by atoms with Gasteiger partial charge in [-0.1, -0.05) is 49.0 Å². The van der Waals surface area contributed by atoms with Crippen molar-refractivity contribution in [3.05, 3.63) is 53.6 Å². The molecule has 0 saturated carbocycles. The highest BCUT2D eigenvalue weighted by atomic mass is 32.2. The molecule has 20 heavy (non-hydrogen) atoms. The number of nitrogens with zero attached hydrogens (tertiary/aromatic N) is 1. The molecule has 1 aliphatic heterocycles. The van der Waals surface area contributed by atoms with E-state index in [2.05, 4.69) is 59.7 Å². The minimum absolute atomic E-state index is 0.594. The van der Waals surface area contributed by atoms with Crippen molar-refractivity contribution in [2.24, 2.45) is 4.99 Å². The first-order chi connectivity index (χ1) is 9.79. The molecule has 3 heteroatoms. The maximum atomic E-state index is 4.51. The Labute approximate surface area is 123 Å². The minimum Gasteiger partial charge on any atom is -0.335 e. The van der Waals surface area contributed by atoms with Gasteiger partial charge in [0, 0.05) is 10.9 Å². The summed E-state index contributed by atoms with van der Waals surface area (Å²) in [6.45, 7) is 3.13. The number of nitrogens with one attached hydrogen (secondary N) is 1. The Hall–Kier alpha value is -1.74. The molecule has 1 N–H and O–H groups in total. The van der Waals surface area contributed by atoms with E-state index in [9.17, 15) is 0 Å². The van der Waals surface area contributed by atoms with E-state index < -0.39 is 0 Å². The molecule has 4 rings (SSSR count). The minimum atomic E-state index is 0.594. The number of amidine groups is 1. The zero-order chi connectivity index (χ0) is 13.5. The second-order valence-electron chi connectivity index (χ2n) is 5.41. The first-order valence-electron chi connectivity index (χ1n) is 6.99. The molecule has 0 aromatic heterocycles. The number of benzene rings is 2. The number of hydrogen-bond acceptors (Lipinski definition) is 3. The number of hydrogen-bond donors (Lipinski definition) is 1. The van der Waals surface area contributed by atoms with Gasteiger partial charge in [0.2, 0.25) is 0 Å². The first kappa shape index (κ1) is 12.0. The molecule has 2 nitrogen and oxygen atoms in total. The molecule has 100 valence electrons. The molecule has 0 radical (unpaired) electrons. The van der Waals surface area contributed by atoms with E-state index in [1.165, 1.54) is 22.3 Å². The molecule has 0 spiro atoms. The zero-order valence-electron chi connectivity index (χ0n) is 11.4. The predicted molar refractivity (Wildman–Crippen MR) is 87.7 cm³/mol. The van der Waals surface area contributed by atoms with E-state index in [1.807, 2.05) is 11.8 Å². The Balaban J connectivity index is 1.62. The van der Waals surface area contributed by atoms with Crippen molar-refractivity contribution in [2.75, 3.05) is 11.9 Å². The third-order valence-corrected chi connectivity index (χ3v) is 4.86. The highest BCUT2D eigenvalue weighted by Crippen LogP contribution is 2.37. The van der Waals surface area contributed by atoms with Crippen molar-refractivity contribution in [2.45, 2.75) is 18.6 Å². The largest absolute Gasteiger partial charge is 0.335 e. The van der Waals surface area contributed by atoms with Crippen LogP contribution >= 0.6 is 11.8 Å². The summed E-state index contributed by atoms with van der Waals surface area (Å²) in [6.07, 6.45) is 1.04. The van der Waals surface area contributed by atoms with Crippen molar-refractivity contribution in [1.29, 1.82) is 0 Å². The van der Waals surface area contributed by atoms with Gasteiger partial charge in [0.05, 0.1) is 6.54 Å². The molecule has 1 heterocycles. The van der Waals surface area contributed by atoms with Crippen LogP contribution in [0.4, 0.5) is 5.69 Å². The maximum absolute atomic E-state index is 4.51. The first-order valence-corrected chi connectivity index (χ1v) is 7.87. The Bertz CT molecular complexity index is 706. The van der Waals surface area contributed by atoms with Gasteiger partial charge in [-0.05, 0) is 40.8 Å². The molecule has 0 fully saturated rings. The third kappa shape index (κ3) is 2.02. The standard InChI is InChI=1S/C17H16N2S/c1-11-10-18-17(20-11)19-14-6-7-16-13(9-14)8-12-4-2-3-5-15(12)16/h2-7,9,11H,8,10H2,1H3,(H,18,19). The van der Waals surface area contributed by atoms with E-state index in [0.29, 0.717) is 5.25 Å². The van der Waals surface area contributed by atoms with E-state index in [0.717, 1.165) is 23.8 Å². The number of fused-ring (bicyclic) bond motifs is 3. The lowest BCUT2D eigenvalue weighted by molar-refractivity contribution is 0.976. The van der Waals surface area contributed by atoms with Gasteiger partial charge in [-0.2, -0.15) is 0 Å². The molecular formula is C17H16N2S. The van der Waals surface area contributed by atoms with Crippen LogP contribution in [0.5, 0.6) is 0 Å². The van der Waals surface area contributed by atoms with Gasteiger partial charge in [-0.15, -0.1) is 0 Å². The molecule has 2 aliphatic rings. The van der Waals surface area contributed by atoms with Crippen molar-refractivity contribution in [3.8, 4) is 11.1 Å². The van der Waals surface area contributed by atoms with Gasteiger partial charge in [0.1, 0.15) is 0 Å². The Morgan fingerprint density at radius 2 is 1.95 bits per heavy atom. The molecule has 1 aliphatic carbocycles. The second-order valence-corrected chi connectivity index (χ2v) is 6.83. The fourth-order valence-electron chi connectivity index (χ4n) is 2.89. The Morgan fingerprint density at radius 3 is 2.80 bits per heavy atom. The molecule has 0 amide bonds. The summed E-state index contributed by atoms with van der Waals surface area (Å²) in [7, 11) is 0. The summed E-state index contributed by atoms with van der Waals surface area (Å²) in [5.74, 6) is 0. The number of rotatable bonds is 1. The van der Waals surface area contributed by atoms with Crippen LogP contribution < -0.4 is 5.32 Å². The lowest BCUT2D eigenvalue weighted by Crippen LogP contribution is -2.06. The summed E-state index contributed by atoms with van der Waals surface area (Å²) in [6, 6.07) is 15.3. The monoisotopic (exact) mass is 280 g/mol. The van der Waals surface area contributed by atoms with Crippen LogP contribution in [0.2, 0.25) is 0 Å². The van der Waals surface area contributed by atoms with Crippen molar-refractivity contribution in [1.82, 2.24) is 0 Å². The van der Waals surface area contributed by atoms with Gasteiger partial charge >= 0.3 is 0 Å². The van der Waals surface area contributed by atoms with E-state index in [4.69, 9.17) is 0 Å². The molecular weight excluding hydrogens is 264 g/mol. The SMILES string of the molecule is CC1CN=C(Nc2ccc3c(c2)Cc2ccccc2-3)S1. The lowest BCUT2D eigenvalue weighted by atomic mass is 10.1. The molecule has 2 aromatic carbocycles. The molecule has 0 bridgehead atoms. The zero-order valence-corrected chi connectivity index (χ0v) is 12.2. The van der Waals surface area contributed by atoms with Crippen LogP contribution in [0.25, 0.3) is 11.1 Å². The maximum Gasteiger partial charge on any atom is 0.161 e. The highest BCUT2D eigenvalue weighted by Gasteiger charge is 2.19. The fraction of sp³-hybridized carbons (Fsp3) is 0.235. The van der Waals surface area contributed by atoms with Gasteiger partial charge in [-0.3, -0.25) is 4.99 Å². The van der Waals surface area contributed by atoms with Crippen molar-refractivity contribution >= 4 is 22.6 Å². The normalized spacial score (nSPS) is 19.4. The predicted octanol–water partition coefficient (Wildman–Crippen LogP) is 4.16. The van der Waals surface area contributed by atoms with E-state index >= 15 is 0 Å². The summed E-state index contributed by atoms with van der Waals surface area (Å²) in [5, 5.41) is 5.08. The summed E-state index contributed by atoms with van der Waals surface area (Å²) < 4.78 is 0. The Kier molecular flexibility index (Phi) is 2.81. The molecule has 0 saturated heterocycles. The Morgan fingerprint density at radius 1 is 1.10 bits per heavy atom. The number of anilines is 1. The third-order valence-electron chi connectivity index (χ3n) is 3.85. The van der Waals surface area contributed by atoms with Crippen LogP contribution in [0.3, 0.4) is 0 Å². The fourth-order valence-corrected chi connectivity index (χ4v) is 3.75. The topological polar surface area (TPSA) is 24.4 Å². The van der Waals surface area contributed by atoms with Crippen molar-refractivity contribution in [3.63, 3.8) is 0 Å². The van der Waals surface area contributed by atoms with Crippen LogP contribution in [0.15, 0.2) is 47.5 Å². The smallest absolute Gasteiger partial charge is 0.161 e.